The Hall–Kier alpha value is -1.72. The van der Waals surface area contributed by atoms with Crippen LogP contribution in [-0.4, -0.2) is 17.6 Å². The Balaban J connectivity index is 2.51. The molecular weight excluding hydrogens is 233 g/mol. The molecule has 0 saturated heterocycles. The molecule has 0 aromatic heterocycles. The molecule has 0 spiro atoms. The fourth-order valence-corrected chi connectivity index (χ4v) is 1.70. The molecule has 2 N–H and O–H groups in total. The third-order valence-corrected chi connectivity index (χ3v) is 2.92. The van der Waals surface area contributed by atoms with Crippen molar-refractivity contribution in [3.63, 3.8) is 0 Å². The Morgan fingerprint density at radius 2 is 1.94 bits per heavy atom. The number of alkyl halides is 3. The molecule has 6 heteroatoms. The van der Waals surface area contributed by atoms with Crippen LogP contribution in [0.5, 0.6) is 0 Å². The van der Waals surface area contributed by atoms with Crippen molar-refractivity contribution in [1.29, 1.82) is 0 Å². The predicted octanol–water partition coefficient (Wildman–Crippen LogP) is 2.68. The predicted molar refractivity (Wildman–Crippen MR) is 57.9 cm³/mol. The Morgan fingerprint density at radius 1 is 1.29 bits per heavy atom. The van der Waals surface area contributed by atoms with Gasteiger partial charge in [0.25, 0.3) is 5.91 Å². The van der Waals surface area contributed by atoms with Crippen LogP contribution in [0.3, 0.4) is 0 Å². The summed E-state index contributed by atoms with van der Waals surface area (Å²) in [5.74, 6) is -1.09. The first kappa shape index (κ1) is 11.8. The van der Waals surface area contributed by atoms with Crippen molar-refractivity contribution >= 4 is 17.3 Å². The number of carbonyl (C=O) groups excluding carboxylic acids is 1. The SMILES string of the molecule is Cc1cccc2c1NC(=O)C(C)(C(F)(F)F)N2. The summed E-state index contributed by atoms with van der Waals surface area (Å²) >= 11 is 0. The molecule has 1 amide bonds. The fraction of sp³-hybridized carbons (Fsp3) is 0.364. The third kappa shape index (κ3) is 1.64. The molecule has 1 atom stereocenters. The summed E-state index contributed by atoms with van der Waals surface area (Å²) < 4.78 is 38.5. The summed E-state index contributed by atoms with van der Waals surface area (Å²) in [6, 6.07) is 4.86. The minimum absolute atomic E-state index is 0.282. The van der Waals surface area contributed by atoms with Gasteiger partial charge in [-0.1, -0.05) is 12.1 Å². The summed E-state index contributed by atoms with van der Waals surface area (Å²) in [6.45, 7) is 2.55. The van der Waals surface area contributed by atoms with E-state index < -0.39 is 17.6 Å². The lowest BCUT2D eigenvalue weighted by Gasteiger charge is -2.37. The second-order valence-corrected chi connectivity index (χ2v) is 4.20. The molecule has 1 aromatic rings. The molecule has 17 heavy (non-hydrogen) atoms. The van der Waals surface area contributed by atoms with Crippen LogP contribution in [0.1, 0.15) is 12.5 Å². The van der Waals surface area contributed by atoms with E-state index in [1.165, 1.54) is 6.07 Å². The number of aryl methyl sites for hydroxylation is 1. The number of benzene rings is 1. The van der Waals surface area contributed by atoms with Crippen molar-refractivity contribution in [2.24, 2.45) is 0 Å². The topological polar surface area (TPSA) is 41.1 Å². The summed E-state index contributed by atoms with van der Waals surface area (Å²) in [7, 11) is 0. The highest BCUT2D eigenvalue weighted by Crippen LogP contribution is 2.40. The molecule has 1 aliphatic heterocycles. The first-order chi connectivity index (χ1) is 7.75. The number of halogens is 3. The first-order valence-corrected chi connectivity index (χ1v) is 5.02. The Kier molecular flexibility index (Phi) is 2.34. The molecule has 0 aliphatic carbocycles. The summed E-state index contributed by atoms with van der Waals surface area (Å²) in [4.78, 5) is 11.6. The van der Waals surface area contributed by atoms with E-state index in [1.54, 1.807) is 19.1 Å². The van der Waals surface area contributed by atoms with Gasteiger partial charge in [-0.25, -0.2) is 0 Å². The van der Waals surface area contributed by atoms with Crippen molar-refractivity contribution in [2.75, 3.05) is 10.6 Å². The second-order valence-electron chi connectivity index (χ2n) is 4.20. The summed E-state index contributed by atoms with van der Waals surface area (Å²) in [5, 5.41) is 4.57. The van der Waals surface area contributed by atoms with Gasteiger partial charge < -0.3 is 10.6 Å². The van der Waals surface area contributed by atoms with E-state index in [1.807, 2.05) is 0 Å². The van der Waals surface area contributed by atoms with Gasteiger partial charge in [0.05, 0.1) is 11.4 Å². The lowest BCUT2D eigenvalue weighted by Crippen LogP contribution is -2.60. The smallest absolute Gasteiger partial charge is 0.362 e. The molecule has 2 rings (SSSR count). The number of fused-ring (bicyclic) bond motifs is 1. The zero-order valence-electron chi connectivity index (χ0n) is 9.27. The zero-order chi connectivity index (χ0) is 12.8. The van der Waals surface area contributed by atoms with Crippen LogP contribution in [0.15, 0.2) is 18.2 Å². The number of rotatable bonds is 0. The average molecular weight is 244 g/mol. The maximum atomic E-state index is 12.8. The number of carbonyl (C=O) groups is 1. The Bertz CT molecular complexity index is 484. The van der Waals surface area contributed by atoms with Gasteiger partial charge in [0.1, 0.15) is 0 Å². The quantitative estimate of drug-likeness (QED) is 0.736. The maximum Gasteiger partial charge on any atom is 0.420 e. The van der Waals surface area contributed by atoms with Crippen molar-refractivity contribution in [1.82, 2.24) is 0 Å². The molecule has 1 aromatic carbocycles. The van der Waals surface area contributed by atoms with Crippen molar-refractivity contribution < 1.29 is 18.0 Å². The largest absolute Gasteiger partial charge is 0.420 e. The Labute approximate surface area is 96.0 Å². The highest BCUT2D eigenvalue weighted by atomic mass is 19.4. The molecule has 1 heterocycles. The minimum atomic E-state index is -4.65. The third-order valence-electron chi connectivity index (χ3n) is 2.92. The number of hydrogen-bond acceptors (Lipinski definition) is 2. The number of para-hydroxylation sites is 1. The number of nitrogens with one attached hydrogen (secondary N) is 2. The van der Waals surface area contributed by atoms with Gasteiger partial charge in [-0.3, -0.25) is 4.79 Å². The highest BCUT2D eigenvalue weighted by Gasteiger charge is 2.58. The standard InChI is InChI=1S/C11H11F3N2O/c1-6-4-3-5-7-8(6)15-9(17)10(2,16-7)11(12,13)14/h3-5,16H,1-2H3,(H,15,17). The lowest BCUT2D eigenvalue weighted by atomic mass is 9.95. The molecule has 1 aliphatic rings. The fourth-order valence-electron chi connectivity index (χ4n) is 1.70. The molecular formula is C11H11F3N2O. The van der Waals surface area contributed by atoms with Crippen LogP contribution in [0.2, 0.25) is 0 Å². The lowest BCUT2D eigenvalue weighted by molar-refractivity contribution is -0.179. The van der Waals surface area contributed by atoms with Crippen LogP contribution in [-0.2, 0) is 4.79 Å². The first-order valence-electron chi connectivity index (χ1n) is 5.02. The maximum absolute atomic E-state index is 12.8. The number of anilines is 2. The minimum Gasteiger partial charge on any atom is -0.362 e. The molecule has 1 unspecified atom stereocenters. The van der Waals surface area contributed by atoms with Gasteiger partial charge in [0.2, 0.25) is 5.54 Å². The van der Waals surface area contributed by atoms with E-state index in [0.717, 1.165) is 6.92 Å². The normalized spacial score (nSPS) is 23.7. The highest BCUT2D eigenvalue weighted by molar-refractivity contribution is 6.07. The van der Waals surface area contributed by atoms with E-state index in [4.69, 9.17) is 0 Å². The molecule has 0 bridgehead atoms. The summed E-state index contributed by atoms with van der Waals surface area (Å²) in [5.41, 5.74) is -1.19. The van der Waals surface area contributed by atoms with Gasteiger partial charge in [-0.15, -0.1) is 0 Å². The van der Waals surface area contributed by atoms with E-state index in [2.05, 4.69) is 10.6 Å². The van der Waals surface area contributed by atoms with Crippen molar-refractivity contribution in [3.05, 3.63) is 23.8 Å². The molecule has 92 valence electrons. The average Bonchev–Trinajstić information content (AvgIpc) is 2.20. The second kappa shape index (κ2) is 3.38. The molecule has 0 radical (unpaired) electrons. The van der Waals surface area contributed by atoms with E-state index in [-0.39, 0.29) is 5.69 Å². The van der Waals surface area contributed by atoms with Crippen LogP contribution < -0.4 is 10.6 Å². The molecule has 3 nitrogen and oxygen atoms in total. The van der Waals surface area contributed by atoms with E-state index in [9.17, 15) is 18.0 Å². The van der Waals surface area contributed by atoms with Crippen LogP contribution in [0.25, 0.3) is 0 Å². The van der Waals surface area contributed by atoms with Gasteiger partial charge in [-0.2, -0.15) is 13.2 Å². The van der Waals surface area contributed by atoms with Crippen LogP contribution in [0, 0.1) is 6.92 Å². The monoisotopic (exact) mass is 244 g/mol. The van der Waals surface area contributed by atoms with Gasteiger partial charge >= 0.3 is 6.18 Å². The van der Waals surface area contributed by atoms with Gasteiger partial charge in [0.15, 0.2) is 0 Å². The van der Waals surface area contributed by atoms with Gasteiger partial charge in [0, 0.05) is 0 Å². The summed E-state index contributed by atoms with van der Waals surface area (Å²) in [6.07, 6.45) is -4.65. The molecule has 0 fully saturated rings. The van der Waals surface area contributed by atoms with E-state index >= 15 is 0 Å². The van der Waals surface area contributed by atoms with Crippen LogP contribution in [0.4, 0.5) is 24.5 Å². The zero-order valence-corrected chi connectivity index (χ0v) is 9.27. The Morgan fingerprint density at radius 3 is 2.53 bits per heavy atom. The van der Waals surface area contributed by atoms with Crippen molar-refractivity contribution in [3.8, 4) is 0 Å². The van der Waals surface area contributed by atoms with Crippen molar-refractivity contribution in [2.45, 2.75) is 25.6 Å². The van der Waals surface area contributed by atoms with E-state index in [0.29, 0.717) is 11.3 Å². The molecule has 0 saturated carbocycles. The number of amides is 1. The van der Waals surface area contributed by atoms with Crippen LogP contribution >= 0.6 is 0 Å². The number of hydrogen-bond donors (Lipinski definition) is 2. The van der Waals surface area contributed by atoms with Gasteiger partial charge in [-0.05, 0) is 25.5 Å².